The number of ether oxygens (including phenoxy) is 1. The first-order valence-electron chi connectivity index (χ1n) is 8.49. The highest BCUT2D eigenvalue weighted by molar-refractivity contribution is 5.90. The molecule has 1 aliphatic rings. The number of nitrogens with zero attached hydrogens (tertiary/aromatic N) is 1. The lowest BCUT2D eigenvalue weighted by Crippen LogP contribution is -2.52. The van der Waals surface area contributed by atoms with Crippen molar-refractivity contribution in [2.75, 3.05) is 12.3 Å². The highest BCUT2D eigenvalue weighted by Gasteiger charge is 2.31. The number of nitrogens with two attached hydrogens (primary N) is 2. The van der Waals surface area contributed by atoms with Gasteiger partial charge in [0.25, 0.3) is 0 Å². The van der Waals surface area contributed by atoms with Crippen LogP contribution in [0, 0.1) is 0 Å². The summed E-state index contributed by atoms with van der Waals surface area (Å²) in [6.45, 7) is 5.99. The summed E-state index contributed by atoms with van der Waals surface area (Å²) in [5.74, 6) is -1.05. The van der Waals surface area contributed by atoms with Gasteiger partial charge in [-0.1, -0.05) is 6.07 Å². The molecule has 8 nitrogen and oxygen atoms in total. The number of hydrogen-bond acceptors (Lipinski definition) is 5. The lowest BCUT2D eigenvalue weighted by atomic mass is 9.98. The van der Waals surface area contributed by atoms with Crippen LogP contribution in [0.25, 0.3) is 0 Å². The van der Waals surface area contributed by atoms with Crippen LogP contribution in [-0.2, 0) is 27.3 Å². The van der Waals surface area contributed by atoms with E-state index < -0.39 is 23.6 Å². The van der Waals surface area contributed by atoms with Crippen LogP contribution in [0.2, 0.25) is 0 Å². The Hall–Kier alpha value is -2.77. The molecule has 0 saturated carbocycles. The number of nitrogen functional groups attached to an aromatic ring is 1. The van der Waals surface area contributed by atoms with Crippen molar-refractivity contribution in [2.45, 2.75) is 51.8 Å². The molecule has 3 amide bonds. The van der Waals surface area contributed by atoms with E-state index in [1.807, 2.05) is 18.2 Å². The van der Waals surface area contributed by atoms with Gasteiger partial charge in [0.05, 0.1) is 6.42 Å². The standard InChI is InChI=1S/C18H26N4O4/c1-18(2,3)26-17(25)21-14(9-15(20)23)16(24)22-7-6-11-4-5-13(19)8-12(11)10-22/h4-5,8,14H,6-7,9-10,19H2,1-3H3,(H2,20,23)(H,21,25). The van der Waals surface area contributed by atoms with E-state index in [9.17, 15) is 14.4 Å². The minimum atomic E-state index is -1.06. The first-order chi connectivity index (χ1) is 12.0. The second-order valence-electron chi connectivity index (χ2n) is 7.41. The highest BCUT2D eigenvalue weighted by atomic mass is 16.6. The lowest BCUT2D eigenvalue weighted by molar-refractivity contribution is -0.136. The topological polar surface area (TPSA) is 128 Å². The zero-order valence-electron chi connectivity index (χ0n) is 15.4. The molecule has 1 heterocycles. The van der Waals surface area contributed by atoms with Crippen LogP contribution in [0.5, 0.6) is 0 Å². The van der Waals surface area contributed by atoms with Crippen molar-refractivity contribution in [2.24, 2.45) is 5.73 Å². The molecule has 8 heteroatoms. The van der Waals surface area contributed by atoms with Gasteiger partial charge in [-0.3, -0.25) is 9.59 Å². The average Bonchev–Trinajstić information content (AvgIpc) is 2.50. The molecule has 1 aliphatic heterocycles. The van der Waals surface area contributed by atoms with E-state index in [0.717, 1.165) is 11.1 Å². The van der Waals surface area contributed by atoms with Crippen molar-refractivity contribution >= 4 is 23.6 Å². The Balaban J connectivity index is 2.11. The van der Waals surface area contributed by atoms with Crippen molar-refractivity contribution in [1.29, 1.82) is 0 Å². The van der Waals surface area contributed by atoms with Gasteiger partial charge < -0.3 is 26.4 Å². The predicted octanol–water partition coefficient (Wildman–Crippen LogP) is 0.922. The summed E-state index contributed by atoms with van der Waals surface area (Å²) in [4.78, 5) is 37.8. The van der Waals surface area contributed by atoms with Gasteiger partial charge >= 0.3 is 6.09 Å². The fourth-order valence-corrected chi connectivity index (χ4v) is 2.84. The average molecular weight is 362 g/mol. The Labute approximate surface area is 152 Å². The van der Waals surface area contributed by atoms with Gasteiger partial charge in [-0.2, -0.15) is 0 Å². The molecule has 0 bridgehead atoms. The summed E-state index contributed by atoms with van der Waals surface area (Å²) in [5.41, 5.74) is 13.1. The lowest BCUT2D eigenvalue weighted by Gasteiger charge is -2.32. The molecule has 1 unspecified atom stereocenters. The molecule has 0 fully saturated rings. The maximum Gasteiger partial charge on any atom is 0.408 e. The normalized spacial score (nSPS) is 15.0. The maximum atomic E-state index is 12.8. The summed E-state index contributed by atoms with van der Waals surface area (Å²) in [5, 5.41) is 2.46. The van der Waals surface area contributed by atoms with E-state index in [4.69, 9.17) is 16.2 Å². The first-order valence-corrected chi connectivity index (χ1v) is 8.49. The van der Waals surface area contributed by atoms with Crippen LogP contribution >= 0.6 is 0 Å². The molecule has 0 radical (unpaired) electrons. The predicted molar refractivity (Wildman–Crippen MR) is 96.9 cm³/mol. The summed E-state index contributed by atoms with van der Waals surface area (Å²) >= 11 is 0. The van der Waals surface area contributed by atoms with Gasteiger partial charge in [-0.15, -0.1) is 0 Å². The zero-order chi connectivity index (χ0) is 19.5. The highest BCUT2D eigenvalue weighted by Crippen LogP contribution is 2.22. The third-order valence-electron chi connectivity index (χ3n) is 3.95. The van der Waals surface area contributed by atoms with Crippen molar-refractivity contribution in [1.82, 2.24) is 10.2 Å². The molecule has 1 aromatic carbocycles. The van der Waals surface area contributed by atoms with E-state index in [0.29, 0.717) is 25.2 Å². The van der Waals surface area contributed by atoms with Gasteiger partial charge in [0.15, 0.2) is 0 Å². The molecule has 1 atom stereocenters. The third kappa shape index (κ3) is 5.37. The minimum Gasteiger partial charge on any atom is -0.444 e. The summed E-state index contributed by atoms with van der Waals surface area (Å²) in [7, 11) is 0. The Morgan fingerprint density at radius 1 is 1.27 bits per heavy atom. The van der Waals surface area contributed by atoms with Crippen LogP contribution in [0.15, 0.2) is 18.2 Å². The minimum absolute atomic E-state index is 0.293. The summed E-state index contributed by atoms with van der Waals surface area (Å²) in [6.07, 6.45) is -0.381. The number of carbonyl (C=O) groups excluding carboxylic acids is 3. The van der Waals surface area contributed by atoms with Crippen LogP contribution in [0.1, 0.15) is 38.3 Å². The number of carbonyl (C=O) groups is 3. The van der Waals surface area contributed by atoms with Crippen LogP contribution < -0.4 is 16.8 Å². The third-order valence-corrected chi connectivity index (χ3v) is 3.95. The molecule has 2 rings (SSSR count). The molecule has 1 aromatic rings. The smallest absolute Gasteiger partial charge is 0.408 e. The zero-order valence-corrected chi connectivity index (χ0v) is 15.4. The first kappa shape index (κ1) is 19.6. The monoisotopic (exact) mass is 362 g/mol. The molecular formula is C18H26N4O4. The molecular weight excluding hydrogens is 336 g/mol. The molecule has 0 aliphatic carbocycles. The van der Waals surface area contributed by atoms with Crippen molar-refractivity contribution in [3.05, 3.63) is 29.3 Å². The largest absolute Gasteiger partial charge is 0.444 e. The second-order valence-corrected chi connectivity index (χ2v) is 7.41. The fourth-order valence-electron chi connectivity index (χ4n) is 2.84. The van der Waals surface area contributed by atoms with Gasteiger partial charge in [0.2, 0.25) is 11.8 Å². The molecule has 0 saturated heterocycles. The van der Waals surface area contributed by atoms with Gasteiger partial charge in [0.1, 0.15) is 11.6 Å². The molecule has 0 aromatic heterocycles. The van der Waals surface area contributed by atoms with Gasteiger partial charge in [-0.05, 0) is 50.5 Å². The summed E-state index contributed by atoms with van der Waals surface area (Å²) in [6, 6.07) is 4.55. The van der Waals surface area contributed by atoms with E-state index in [1.54, 1.807) is 25.7 Å². The molecule has 0 spiro atoms. The number of hydrogen-bond donors (Lipinski definition) is 3. The Morgan fingerprint density at radius 3 is 2.58 bits per heavy atom. The number of rotatable bonds is 4. The SMILES string of the molecule is CC(C)(C)OC(=O)NC(CC(N)=O)C(=O)N1CCc2ccc(N)cc2C1. The van der Waals surface area contributed by atoms with Crippen LogP contribution in [-0.4, -0.2) is 41.0 Å². The quantitative estimate of drug-likeness (QED) is 0.686. The maximum absolute atomic E-state index is 12.8. The van der Waals surface area contributed by atoms with Crippen LogP contribution in [0.3, 0.4) is 0 Å². The summed E-state index contributed by atoms with van der Waals surface area (Å²) < 4.78 is 5.17. The van der Waals surface area contributed by atoms with Gasteiger partial charge in [-0.25, -0.2) is 4.79 Å². The van der Waals surface area contributed by atoms with E-state index in [1.165, 1.54) is 0 Å². The van der Waals surface area contributed by atoms with Crippen molar-refractivity contribution in [3.8, 4) is 0 Å². The Kier molecular flexibility index (Phi) is 5.74. The number of alkyl carbamates (subject to hydrolysis) is 1. The number of primary amides is 1. The molecule has 26 heavy (non-hydrogen) atoms. The number of nitrogens with one attached hydrogen (secondary N) is 1. The number of fused-ring (bicyclic) bond motifs is 1. The number of amides is 3. The number of benzene rings is 1. The van der Waals surface area contributed by atoms with E-state index in [2.05, 4.69) is 5.32 Å². The van der Waals surface area contributed by atoms with Crippen LogP contribution in [0.4, 0.5) is 10.5 Å². The van der Waals surface area contributed by atoms with E-state index >= 15 is 0 Å². The number of anilines is 1. The Morgan fingerprint density at radius 2 is 1.96 bits per heavy atom. The Bertz CT molecular complexity index is 712. The fraction of sp³-hybridized carbons (Fsp3) is 0.500. The van der Waals surface area contributed by atoms with Gasteiger partial charge in [0, 0.05) is 18.8 Å². The van der Waals surface area contributed by atoms with Crippen molar-refractivity contribution in [3.63, 3.8) is 0 Å². The molecule has 5 N–H and O–H groups in total. The second kappa shape index (κ2) is 7.63. The van der Waals surface area contributed by atoms with E-state index in [-0.39, 0.29) is 12.3 Å². The van der Waals surface area contributed by atoms with Crippen molar-refractivity contribution < 1.29 is 19.1 Å². The molecule has 142 valence electrons.